The van der Waals surface area contributed by atoms with E-state index in [4.69, 9.17) is 23.8 Å². The Morgan fingerprint density at radius 3 is 2.57 bits per heavy atom. The molecule has 0 bridgehead atoms. The predicted octanol–water partition coefficient (Wildman–Crippen LogP) is 4.47. The minimum absolute atomic E-state index is 0.151. The third-order valence-electron chi connectivity index (χ3n) is 3.32. The van der Waals surface area contributed by atoms with E-state index in [1.807, 2.05) is 53.7 Å². The Morgan fingerprint density at radius 1 is 1.14 bits per heavy atom. The van der Waals surface area contributed by atoms with E-state index >= 15 is 0 Å². The SMILES string of the molecule is S=C(Nc1ccc(Cl)cc1)N1N=CC[C@@H]1c1ccccc1. The molecule has 0 radical (unpaired) electrons. The highest BCUT2D eigenvalue weighted by Crippen LogP contribution is 2.28. The largest absolute Gasteiger partial charge is 0.331 e. The van der Waals surface area contributed by atoms with Gasteiger partial charge in [0.05, 0.1) is 6.04 Å². The summed E-state index contributed by atoms with van der Waals surface area (Å²) in [6, 6.07) is 17.9. The van der Waals surface area contributed by atoms with E-state index in [1.165, 1.54) is 5.56 Å². The first-order chi connectivity index (χ1) is 10.2. The molecule has 2 aromatic carbocycles. The van der Waals surface area contributed by atoms with Crippen LogP contribution in [-0.2, 0) is 0 Å². The standard InChI is InChI=1S/C16H14ClN3S/c17-13-6-8-14(9-7-13)19-16(21)20-15(10-11-18-20)12-4-2-1-3-5-12/h1-9,11,15H,10H2,(H,19,21)/t15-/m1/s1. The highest BCUT2D eigenvalue weighted by Gasteiger charge is 2.25. The van der Waals surface area contributed by atoms with Crippen LogP contribution >= 0.6 is 23.8 Å². The van der Waals surface area contributed by atoms with E-state index in [2.05, 4.69) is 22.6 Å². The third kappa shape index (κ3) is 3.23. The molecule has 106 valence electrons. The summed E-state index contributed by atoms with van der Waals surface area (Å²) in [7, 11) is 0. The number of thiocarbonyl (C=S) groups is 1. The van der Waals surface area contributed by atoms with Crippen LogP contribution < -0.4 is 5.32 Å². The van der Waals surface area contributed by atoms with Crippen molar-refractivity contribution in [2.75, 3.05) is 5.32 Å². The predicted molar refractivity (Wildman–Crippen MR) is 91.8 cm³/mol. The van der Waals surface area contributed by atoms with Crippen LogP contribution in [0.2, 0.25) is 5.02 Å². The van der Waals surface area contributed by atoms with Gasteiger partial charge in [-0.05, 0) is 42.0 Å². The van der Waals surface area contributed by atoms with E-state index in [1.54, 1.807) is 0 Å². The molecule has 0 aromatic heterocycles. The fourth-order valence-electron chi connectivity index (χ4n) is 2.28. The Kier molecular flexibility index (Phi) is 4.18. The van der Waals surface area contributed by atoms with Crippen LogP contribution in [-0.4, -0.2) is 16.3 Å². The molecule has 2 aromatic rings. The number of hydrogen-bond acceptors (Lipinski definition) is 2. The molecule has 1 atom stereocenters. The Bertz CT molecular complexity index is 655. The quantitative estimate of drug-likeness (QED) is 0.829. The van der Waals surface area contributed by atoms with Gasteiger partial charge < -0.3 is 5.32 Å². The number of rotatable bonds is 2. The zero-order valence-electron chi connectivity index (χ0n) is 11.2. The maximum atomic E-state index is 5.88. The molecule has 3 rings (SSSR count). The summed E-state index contributed by atoms with van der Waals surface area (Å²) >= 11 is 11.4. The van der Waals surface area contributed by atoms with Gasteiger partial charge in [0.25, 0.3) is 0 Å². The number of nitrogens with one attached hydrogen (secondary N) is 1. The molecule has 0 unspecified atom stereocenters. The average molecular weight is 316 g/mol. The number of benzene rings is 2. The van der Waals surface area contributed by atoms with Gasteiger partial charge in [-0.1, -0.05) is 41.9 Å². The second-order valence-electron chi connectivity index (χ2n) is 4.74. The summed E-state index contributed by atoms with van der Waals surface area (Å²) in [5.41, 5.74) is 2.11. The minimum Gasteiger partial charge on any atom is -0.331 e. The summed E-state index contributed by atoms with van der Waals surface area (Å²) in [6.07, 6.45) is 2.75. The molecule has 21 heavy (non-hydrogen) atoms. The first-order valence-corrected chi connectivity index (χ1v) is 7.46. The summed E-state index contributed by atoms with van der Waals surface area (Å²) in [5, 5.41) is 10.7. The van der Waals surface area contributed by atoms with Gasteiger partial charge in [0.1, 0.15) is 0 Å². The van der Waals surface area contributed by atoms with Crippen molar-refractivity contribution in [1.82, 2.24) is 5.01 Å². The van der Waals surface area contributed by atoms with E-state index < -0.39 is 0 Å². The number of nitrogens with zero attached hydrogens (tertiary/aromatic N) is 2. The van der Waals surface area contributed by atoms with Crippen molar-refractivity contribution in [3.8, 4) is 0 Å². The molecule has 0 spiro atoms. The van der Waals surface area contributed by atoms with Gasteiger partial charge in [-0.15, -0.1) is 0 Å². The number of halogens is 1. The topological polar surface area (TPSA) is 27.6 Å². The second-order valence-corrected chi connectivity index (χ2v) is 5.56. The van der Waals surface area contributed by atoms with Gasteiger partial charge in [0, 0.05) is 23.3 Å². The van der Waals surface area contributed by atoms with Gasteiger partial charge in [0.15, 0.2) is 5.11 Å². The van der Waals surface area contributed by atoms with E-state index in [0.717, 1.165) is 12.1 Å². The van der Waals surface area contributed by atoms with Crippen molar-refractivity contribution in [1.29, 1.82) is 0 Å². The lowest BCUT2D eigenvalue weighted by Crippen LogP contribution is -2.31. The molecule has 1 heterocycles. The van der Waals surface area contributed by atoms with Gasteiger partial charge in [0.2, 0.25) is 0 Å². The molecule has 1 N–H and O–H groups in total. The van der Waals surface area contributed by atoms with Crippen molar-refractivity contribution in [2.45, 2.75) is 12.5 Å². The highest BCUT2D eigenvalue weighted by molar-refractivity contribution is 7.80. The van der Waals surface area contributed by atoms with Crippen LogP contribution in [0.1, 0.15) is 18.0 Å². The molecule has 0 saturated heterocycles. The lowest BCUT2D eigenvalue weighted by molar-refractivity contribution is 0.375. The fraction of sp³-hybridized carbons (Fsp3) is 0.125. The van der Waals surface area contributed by atoms with Crippen LogP contribution in [0.5, 0.6) is 0 Å². The van der Waals surface area contributed by atoms with Crippen molar-refractivity contribution in [3.05, 3.63) is 65.2 Å². The number of anilines is 1. The summed E-state index contributed by atoms with van der Waals surface area (Å²) in [5.74, 6) is 0. The second kappa shape index (κ2) is 6.24. The van der Waals surface area contributed by atoms with Crippen LogP contribution in [0.4, 0.5) is 5.69 Å². The molecule has 0 saturated carbocycles. The smallest absolute Gasteiger partial charge is 0.194 e. The summed E-state index contributed by atoms with van der Waals surface area (Å²) < 4.78 is 0. The monoisotopic (exact) mass is 315 g/mol. The average Bonchev–Trinajstić information content (AvgIpc) is 3.00. The van der Waals surface area contributed by atoms with Gasteiger partial charge >= 0.3 is 0 Å². The van der Waals surface area contributed by atoms with Crippen LogP contribution in [0.15, 0.2) is 59.7 Å². The molecule has 0 fully saturated rings. The van der Waals surface area contributed by atoms with Gasteiger partial charge in [-0.25, -0.2) is 5.01 Å². The molecular weight excluding hydrogens is 302 g/mol. The van der Waals surface area contributed by atoms with E-state index in [0.29, 0.717) is 10.1 Å². The normalized spacial score (nSPS) is 17.0. The lowest BCUT2D eigenvalue weighted by Gasteiger charge is -2.25. The molecule has 0 aliphatic carbocycles. The number of hydrazone groups is 1. The van der Waals surface area contributed by atoms with Crippen molar-refractivity contribution < 1.29 is 0 Å². The fourth-order valence-corrected chi connectivity index (χ4v) is 2.69. The molecule has 1 aliphatic heterocycles. The van der Waals surface area contributed by atoms with Crippen molar-refractivity contribution in [3.63, 3.8) is 0 Å². The van der Waals surface area contributed by atoms with Gasteiger partial charge in [-0.3, -0.25) is 0 Å². The first-order valence-electron chi connectivity index (χ1n) is 6.67. The first kappa shape index (κ1) is 14.0. The molecule has 5 heteroatoms. The highest BCUT2D eigenvalue weighted by atomic mass is 35.5. The van der Waals surface area contributed by atoms with Gasteiger partial charge in [-0.2, -0.15) is 5.10 Å². The molecule has 3 nitrogen and oxygen atoms in total. The number of hydrogen-bond donors (Lipinski definition) is 1. The molecule has 1 aliphatic rings. The maximum absolute atomic E-state index is 5.88. The third-order valence-corrected chi connectivity index (χ3v) is 3.86. The molecule has 0 amide bonds. The van der Waals surface area contributed by atoms with Crippen LogP contribution in [0, 0.1) is 0 Å². The Hall–Kier alpha value is -1.91. The lowest BCUT2D eigenvalue weighted by atomic mass is 10.1. The summed E-state index contributed by atoms with van der Waals surface area (Å²) in [4.78, 5) is 0. The Balaban J connectivity index is 1.74. The molecular formula is C16H14ClN3S. The van der Waals surface area contributed by atoms with Crippen LogP contribution in [0.25, 0.3) is 0 Å². The Morgan fingerprint density at radius 2 is 1.86 bits per heavy atom. The van der Waals surface area contributed by atoms with Crippen molar-refractivity contribution >= 4 is 40.8 Å². The zero-order chi connectivity index (χ0) is 14.7. The van der Waals surface area contributed by atoms with E-state index in [-0.39, 0.29) is 6.04 Å². The van der Waals surface area contributed by atoms with Crippen molar-refractivity contribution in [2.24, 2.45) is 5.10 Å². The maximum Gasteiger partial charge on any atom is 0.194 e. The summed E-state index contributed by atoms with van der Waals surface area (Å²) in [6.45, 7) is 0. The zero-order valence-corrected chi connectivity index (χ0v) is 12.8. The minimum atomic E-state index is 0.151. The van der Waals surface area contributed by atoms with Crippen LogP contribution in [0.3, 0.4) is 0 Å². The Labute approximate surface area is 134 Å². The van der Waals surface area contributed by atoms with E-state index in [9.17, 15) is 0 Å².